The molecular weight excluding hydrogens is 207 g/mol. The van der Waals surface area contributed by atoms with Gasteiger partial charge in [0.05, 0.1) is 5.69 Å². The minimum Gasteiger partial charge on any atom is -0.372 e. The maximum atomic E-state index is 13.9. The maximum absolute atomic E-state index is 13.9. The second kappa shape index (κ2) is 3.30. The van der Waals surface area contributed by atoms with Crippen molar-refractivity contribution in [2.75, 3.05) is 18.5 Å². The highest BCUT2D eigenvalue weighted by Gasteiger charge is 2.20. The molecule has 0 bridgehead atoms. The zero-order chi connectivity index (χ0) is 11.1. The lowest BCUT2D eigenvalue weighted by atomic mass is 10.2. The predicted octanol–water partition coefficient (Wildman–Crippen LogP) is 1.40. The van der Waals surface area contributed by atoms with E-state index in [9.17, 15) is 4.39 Å². The summed E-state index contributed by atoms with van der Waals surface area (Å²) in [6.45, 7) is 0.815. The minimum absolute atomic E-state index is 0.243. The summed E-state index contributed by atoms with van der Waals surface area (Å²) in [5.74, 6) is 0.558. The topological polar surface area (TPSA) is 34.0 Å². The molecule has 1 aliphatic heterocycles. The first kappa shape index (κ1) is 9.33. The van der Waals surface area contributed by atoms with E-state index < -0.39 is 0 Å². The van der Waals surface area contributed by atoms with E-state index in [0.29, 0.717) is 5.69 Å². The Morgan fingerprint density at radius 3 is 3.12 bits per heavy atom. The van der Waals surface area contributed by atoms with Crippen molar-refractivity contribution < 1.29 is 4.39 Å². The fraction of sp³-hybridized carbons (Fsp3) is 0.273. The molecule has 0 spiro atoms. The van der Waals surface area contributed by atoms with Crippen LogP contribution in [0.5, 0.6) is 0 Å². The zero-order valence-electron chi connectivity index (χ0n) is 8.89. The Morgan fingerprint density at radius 2 is 2.25 bits per heavy atom. The van der Waals surface area contributed by atoms with Crippen molar-refractivity contribution in [1.82, 2.24) is 14.8 Å². The van der Waals surface area contributed by atoms with Crippen LogP contribution in [0.15, 0.2) is 24.5 Å². The van der Waals surface area contributed by atoms with Gasteiger partial charge in [-0.1, -0.05) is 6.07 Å². The summed E-state index contributed by atoms with van der Waals surface area (Å²) in [6.07, 6.45) is 2.33. The molecule has 5 heteroatoms. The van der Waals surface area contributed by atoms with E-state index in [1.54, 1.807) is 17.0 Å². The van der Waals surface area contributed by atoms with Crippen LogP contribution in [-0.2, 0) is 6.42 Å². The molecule has 0 fully saturated rings. The van der Waals surface area contributed by atoms with Gasteiger partial charge in [0.15, 0.2) is 0 Å². The van der Waals surface area contributed by atoms with Crippen LogP contribution >= 0.6 is 0 Å². The Morgan fingerprint density at radius 1 is 1.38 bits per heavy atom. The molecule has 1 aromatic heterocycles. The summed E-state index contributed by atoms with van der Waals surface area (Å²) in [6, 6.07) is 5.09. The van der Waals surface area contributed by atoms with Gasteiger partial charge in [-0.05, 0) is 12.1 Å². The van der Waals surface area contributed by atoms with Crippen molar-refractivity contribution in [3.63, 3.8) is 0 Å². The monoisotopic (exact) mass is 218 g/mol. The number of fused-ring (bicyclic) bond motifs is 3. The van der Waals surface area contributed by atoms with Gasteiger partial charge >= 0.3 is 0 Å². The first-order chi connectivity index (χ1) is 7.77. The minimum atomic E-state index is -0.243. The normalized spacial score (nSPS) is 14.2. The fourth-order valence-corrected chi connectivity index (χ4v) is 2.05. The number of nitrogens with zero attached hydrogens (tertiary/aromatic N) is 4. The number of anilines is 1. The lowest BCUT2D eigenvalue weighted by molar-refractivity contribution is 0.617. The number of aromatic nitrogens is 3. The molecule has 0 saturated carbocycles. The molecule has 16 heavy (non-hydrogen) atoms. The van der Waals surface area contributed by atoms with Crippen LogP contribution in [0.4, 0.5) is 10.1 Å². The van der Waals surface area contributed by atoms with Gasteiger partial charge in [0.1, 0.15) is 23.7 Å². The molecule has 0 saturated heterocycles. The molecule has 0 radical (unpaired) electrons. The Bertz CT molecular complexity index is 535. The van der Waals surface area contributed by atoms with Gasteiger partial charge < -0.3 is 4.90 Å². The summed E-state index contributed by atoms with van der Waals surface area (Å²) in [5.41, 5.74) is 1.42. The predicted molar refractivity (Wildman–Crippen MR) is 58.3 cm³/mol. The lowest BCUT2D eigenvalue weighted by Crippen LogP contribution is -2.19. The molecular formula is C11H11FN4. The first-order valence-corrected chi connectivity index (χ1v) is 5.16. The van der Waals surface area contributed by atoms with Crippen molar-refractivity contribution >= 4 is 5.69 Å². The molecule has 0 unspecified atom stereocenters. The number of likely N-dealkylation sites (N-methyl/N-ethyl adjacent to an activating group) is 1. The standard InChI is InChI=1S/C11H11FN4/c1-15-6-5-10-14-13-7-16(10)11-8(12)3-2-4-9(11)15/h2-4,7H,5-6H2,1H3. The van der Waals surface area contributed by atoms with E-state index in [1.165, 1.54) is 6.07 Å². The number of halogens is 1. The second-order valence-corrected chi connectivity index (χ2v) is 3.90. The Balaban J connectivity index is 2.33. The highest BCUT2D eigenvalue weighted by atomic mass is 19.1. The maximum Gasteiger partial charge on any atom is 0.149 e. The molecule has 4 nitrogen and oxygen atoms in total. The summed E-state index contributed by atoms with van der Waals surface area (Å²) in [5, 5.41) is 7.85. The van der Waals surface area contributed by atoms with Crippen molar-refractivity contribution in [1.29, 1.82) is 0 Å². The molecule has 2 aromatic rings. The number of hydrogen-bond acceptors (Lipinski definition) is 3. The zero-order valence-corrected chi connectivity index (χ0v) is 8.89. The van der Waals surface area contributed by atoms with Gasteiger partial charge in [-0.15, -0.1) is 10.2 Å². The smallest absolute Gasteiger partial charge is 0.149 e. The summed E-state index contributed by atoms with van der Waals surface area (Å²) < 4.78 is 15.6. The molecule has 0 atom stereocenters. The van der Waals surface area contributed by atoms with Crippen LogP contribution in [-0.4, -0.2) is 28.4 Å². The third kappa shape index (κ3) is 1.21. The van der Waals surface area contributed by atoms with E-state index in [4.69, 9.17) is 0 Å². The third-order valence-corrected chi connectivity index (χ3v) is 2.91. The van der Waals surface area contributed by atoms with Gasteiger partial charge in [-0.2, -0.15) is 0 Å². The van der Waals surface area contributed by atoms with E-state index in [0.717, 1.165) is 24.5 Å². The quantitative estimate of drug-likeness (QED) is 0.670. The lowest BCUT2D eigenvalue weighted by Gasteiger charge is -2.19. The first-order valence-electron chi connectivity index (χ1n) is 5.16. The Kier molecular flexibility index (Phi) is 1.92. The molecule has 3 rings (SSSR count). The van der Waals surface area contributed by atoms with E-state index in [-0.39, 0.29) is 5.82 Å². The van der Waals surface area contributed by atoms with Gasteiger partial charge in [0.25, 0.3) is 0 Å². The van der Waals surface area contributed by atoms with Crippen molar-refractivity contribution in [2.45, 2.75) is 6.42 Å². The molecule has 2 heterocycles. The molecule has 0 aliphatic carbocycles. The van der Waals surface area contributed by atoms with E-state index in [1.807, 2.05) is 18.0 Å². The highest BCUT2D eigenvalue weighted by Crippen LogP contribution is 2.29. The average molecular weight is 218 g/mol. The van der Waals surface area contributed by atoms with Crippen LogP contribution in [0.2, 0.25) is 0 Å². The van der Waals surface area contributed by atoms with Crippen LogP contribution in [0.25, 0.3) is 5.69 Å². The average Bonchev–Trinajstić information content (AvgIpc) is 2.68. The summed E-state index contributed by atoms with van der Waals surface area (Å²) >= 11 is 0. The van der Waals surface area contributed by atoms with Crippen molar-refractivity contribution in [3.8, 4) is 5.69 Å². The van der Waals surface area contributed by atoms with Crippen LogP contribution < -0.4 is 4.90 Å². The molecule has 0 N–H and O–H groups in total. The number of benzene rings is 1. The third-order valence-electron chi connectivity index (χ3n) is 2.91. The molecule has 0 amide bonds. The Hall–Kier alpha value is -1.91. The van der Waals surface area contributed by atoms with Crippen molar-refractivity contribution in [2.24, 2.45) is 0 Å². The SMILES string of the molecule is CN1CCc2nncn2-c2c(F)cccc21. The van der Waals surface area contributed by atoms with Crippen LogP contribution in [0, 0.1) is 5.82 Å². The second-order valence-electron chi connectivity index (χ2n) is 3.90. The van der Waals surface area contributed by atoms with Gasteiger partial charge in [-0.3, -0.25) is 4.57 Å². The van der Waals surface area contributed by atoms with Crippen LogP contribution in [0.1, 0.15) is 5.82 Å². The summed E-state index contributed by atoms with van der Waals surface area (Å²) in [4.78, 5) is 2.03. The molecule has 1 aliphatic rings. The molecule has 1 aromatic carbocycles. The summed E-state index contributed by atoms with van der Waals surface area (Å²) in [7, 11) is 1.96. The molecule has 82 valence electrons. The van der Waals surface area contributed by atoms with E-state index >= 15 is 0 Å². The van der Waals surface area contributed by atoms with Gasteiger partial charge in [0.2, 0.25) is 0 Å². The van der Waals surface area contributed by atoms with Crippen LogP contribution in [0.3, 0.4) is 0 Å². The fourth-order valence-electron chi connectivity index (χ4n) is 2.05. The number of rotatable bonds is 0. The largest absolute Gasteiger partial charge is 0.372 e. The van der Waals surface area contributed by atoms with Crippen molar-refractivity contribution in [3.05, 3.63) is 36.2 Å². The number of para-hydroxylation sites is 1. The number of hydrogen-bond donors (Lipinski definition) is 0. The van der Waals surface area contributed by atoms with Gasteiger partial charge in [0, 0.05) is 20.0 Å². The van der Waals surface area contributed by atoms with Gasteiger partial charge in [-0.25, -0.2) is 4.39 Å². The Labute approximate surface area is 92.3 Å². The highest BCUT2D eigenvalue weighted by molar-refractivity contribution is 5.64. The van der Waals surface area contributed by atoms with E-state index in [2.05, 4.69) is 10.2 Å².